The topological polar surface area (TPSA) is 104 Å². The molecular formula is C12H18N4O3. The molecule has 0 bridgehead atoms. The van der Waals surface area contributed by atoms with Crippen molar-refractivity contribution in [1.82, 2.24) is 9.78 Å². The molecule has 1 saturated carbocycles. The van der Waals surface area contributed by atoms with Crippen molar-refractivity contribution in [3.8, 4) is 0 Å². The van der Waals surface area contributed by atoms with Crippen LogP contribution in [-0.2, 0) is 0 Å². The van der Waals surface area contributed by atoms with Crippen LogP contribution in [0.15, 0.2) is 0 Å². The summed E-state index contributed by atoms with van der Waals surface area (Å²) >= 11 is 0. The molecule has 1 aliphatic carbocycles. The summed E-state index contributed by atoms with van der Waals surface area (Å²) in [7, 11) is 0. The van der Waals surface area contributed by atoms with Gasteiger partial charge in [0.05, 0.1) is 11.0 Å². The van der Waals surface area contributed by atoms with Gasteiger partial charge in [0.2, 0.25) is 5.69 Å². The predicted octanol–water partition coefficient (Wildman–Crippen LogP) is 1.95. The van der Waals surface area contributed by atoms with E-state index in [0.29, 0.717) is 5.92 Å². The van der Waals surface area contributed by atoms with Crippen molar-refractivity contribution in [2.24, 2.45) is 11.7 Å². The van der Waals surface area contributed by atoms with E-state index < -0.39 is 10.8 Å². The van der Waals surface area contributed by atoms with Crippen LogP contribution >= 0.6 is 0 Å². The van der Waals surface area contributed by atoms with Gasteiger partial charge in [0.1, 0.15) is 5.69 Å². The summed E-state index contributed by atoms with van der Waals surface area (Å²) < 4.78 is 1.47. The zero-order valence-electron chi connectivity index (χ0n) is 11.1. The van der Waals surface area contributed by atoms with E-state index in [4.69, 9.17) is 5.73 Å². The Morgan fingerprint density at radius 1 is 1.42 bits per heavy atom. The van der Waals surface area contributed by atoms with Gasteiger partial charge in [-0.3, -0.25) is 19.6 Å². The average molecular weight is 266 g/mol. The molecular weight excluding hydrogens is 248 g/mol. The lowest BCUT2D eigenvalue weighted by Gasteiger charge is -2.26. The molecule has 2 rings (SSSR count). The van der Waals surface area contributed by atoms with E-state index in [-0.39, 0.29) is 23.1 Å². The molecule has 1 aliphatic rings. The van der Waals surface area contributed by atoms with E-state index in [1.165, 1.54) is 11.6 Å². The van der Waals surface area contributed by atoms with Gasteiger partial charge in [-0.2, -0.15) is 5.10 Å². The molecule has 0 spiro atoms. The number of carbonyl (C=O) groups is 1. The number of primary amides is 1. The van der Waals surface area contributed by atoms with Gasteiger partial charge in [0.15, 0.2) is 0 Å². The van der Waals surface area contributed by atoms with E-state index in [0.717, 1.165) is 25.7 Å². The maximum Gasteiger partial charge on any atom is 0.322 e. The van der Waals surface area contributed by atoms with Crippen LogP contribution in [0.1, 0.15) is 54.8 Å². The van der Waals surface area contributed by atoms with Gasteiger partial charge in [-0.25, -0.2) is 0 Å². The van der Waals surface area contributed by atoms with E-state index in [2.05, 4.69) is 12.0 Å². The summed E-state index contributed by atoms with van der Waals surface area (Å²) in [5.74, 6) is -0.133. The molecule has 2 N–H and O–H groups in total. The van der Waals surface area contributed by atoms with Crippen molar-refractivity contribution in [3.63, 3.8) is 0 Å². The zero-order chi connectivity index (χ0) is 14.2. The second kappa shape index (κ2) is 4.99. The smallest absolute Gasteiger partial charge is 0.322 e. The van der Waals surface area contributed by atoms with E-state index in [1.807, 2.05) is 0 Å². The first kappa shape index (κ1) is 13.5. The van der Waals surface area contributed by atoms with Crippen LogP contribution < -0.4 is 5.73 Å². The first-order chi connectivity index (χ1) is 8.91. The maximum absolute atomic E-state index is 11.5. The van der Waals surface area contributed by atoms with Crippen molar-refractivity contribution < 1.29 is 9.72 Å². The van der Waals surface area contributed by atoms with Gasteiger partial charge >= 0.3 is 5.69 Å². The Morgan fingerprint density at radius 2 is 2.00 bits per heavy atom. The molecule has 1 aromatic heterocycles. The molecule has 1 aromatic rings. The first-order valence-electron chi connectivity index (χ1n) is 6.45. The molecule has 0 aromatic carbocycles. The number of hydrogen-bond donors (Lipinski definition) is 1. The van der Waals surface area contributed by atoms with Crippen LogP contribution in [0, 0.1) is 23.0 Å². The van der Waals surface area contributed by atoms with Crippen molar-refractivity contribution in [3.05, 3.63) is 21.5 Å². The highest BCUT2D eigenvalue weighted by molar-refractivity contribution is 5.95. The molecule has 7 nitrogen and oxygen atoms in total. The van der Waals surface area contributed by atoms with Gasteiger partial charge in [-0.15, -0.1) is 0 Å². The molecule has 0 unspecified atom stereocenters. The molecule has 104 valence electrons. The summed E-state index contributed by atoms with van der Waals surface area (Å²) in [6.07, 6.45) is 3.82. The lowest BCUT2D eigenvalue weighted by molar-refractivity contribution is -0.385. The Balaban J connectivity index is 2.43. The standard InChI is InChI=1S/C12H18N4O3/c1-7-3-5-9(6-4-7)15-11(12(13)17)10(16(18)19)8(2)14-15/h7,9H,3-6H2,1-2H3,(H2,13,17)/t7-,9+. The Morgan fingerprint density at radius 3 is 2.47 bits per heavy atom. The first-order valence-corrected chi connectivity index (χ1v) is 6.45. The van der Waals surface area contributed by atoms with Crippen molar-refractivity contribution in [2.45, 2.75) is 45.6 Å². The third-order valence-electron chi connectivity index (χ3n) is 3.80. The van der Waals surface area contributed by atoms with Gasteiger partial charge < -0.3 is 5.73 Å². The molecule has 0 atom stereocenters. The highest BCUT2D eigenvalue weighted by Gasteiger charge is 2.33. The second-order valence-electron chi connectivity index (χ2n) is 5.26. The molecule has 0 saturated heterocycles. The summed E-state index contributed by atoms with van der Waals surface area (Å²) in [6.45, 7) is 3.72. The highest BCUT2D eigenvalue weighted by Crippen LogP contribution is 2.35. The lowest BCUT2D eigenvalue weighted by atomic mass is 9.87. The van der Waals surface area contributed by atoms with Crippen LogP contribution in [0.4, 0.5) is 5.69 Å². The van der Waals surface area contributed by atoms with E-state index >= 15 is 0 Å². The number of nitrogens with two attached hydrogens (primary N) is 1. The lowest BCUT2D eigenvalue weighted by Crippen LogP contribution is -2.24. The third-order valence-corrected chi connectivity index (χ3v) is 3.80. The van der Waals surface area contributed by atoms with Crippen molar-refractivity contribution in [1.29, 1.82) is 0 Å². The number of rotatable bonds is 3. The minimum absolute atomic E-state index is 0.0334. The number of nitro groups is 1. The fraction of sp³-hybridized carbons (Fsp3) is 0.667. The summed E-state index contributed by atoms with van der Waals surface area (Å²) in [5, 5.41) is 15.2. The van der Waals surface area contributed by atoms with Crippen LogP contribution in [-0.4, -0.2) is 20.6 Å². The number of amides is 1. The quantitative estimate of drug-likeness (QED) is 0.666. The molecule has 1 heterocycles. The molecule has 0 radical (unpaired) electrons. The van der Waals surface area contributed by atoms with Crippen LogP contribution in [0.25, 0.3) is 0 Å². The number of nitrogens with zero attached hydrogens (tertiary/aromatic N) is 3. The second-order valence-corrected chi connectivity index (χ2v) is 5.26. The van der Waals surface area contributed by atoms with E-state index in [9.17, 15) is 14.9 Å². The highest BCUT2D eigenvalue weighted by atomic mass is 16.6. The SMILES string of the molecule is Cc1nn([C@H]2CC[C@@H](C)CC2)c(C(N)=O)c1[N+](=O)[O-]. The van der Waals surface area contributed by atoms with Crippen LogP contribution in [0.3, 0.4) is 0 Å². The normalized spacial score (nSPS) is 23.3. The Labute approximate surface area is 110 Å². The van der Waals surface area contributed by atoms with Gasteiger partial charge in [0.25, 0.3) is 5.91 Å². The van der Waals surface area contributed by atoms with Crippen molar-refractivity contribution in [2.75, 3.05) is 0 Å². The molecule has 0 aliphatic heterocycles. The zero-order valence-corrected chi connectivity index (χ0v) is 11.1. The minimum atomic E-state index is -0.786. The Hall–Kier alpha value is -1.92. The Kier molecular flexibility index (Phi) is 3.55. The monoisotopic (exact) mass is 266 g/mol. The maximum atomic E-state index is 11.5. The third kappa shape index (κ3) is 2.45. The largest absolute Gasteiger partial charge is 0.364 e. The van der Waals surface area contributed by atoms with Gasteiger partial charge in [-0.1, -0.05) is 6.92 Å². The molecule has 19 heavy (non-hydrogen) atoms. The van der Waals surface area contributed by atoms with E-state index in [1.54, 1.807) is 0 Å². The predicted molar refractivity (Wildman–Crippen MR) is 68.8 cm³/mol. The molecule has 7 heteroatoms. The Bertz CT molecular complexity index is 515. The van der Waals surface area contributed by atoms with Gasteiger partial charge in [-0.05, 0) is 38.5 Å². The summed E-state index contributed by atoms with van der Waals surface area (Å²) in [5.41, 5.74) is 5.22. The van der Waals surface area contributed by atoms with Crippen LogP contribution in [0.5, 0.6) is 0 Å². The summed E-state index contributed by atoms with van der Waals surface area (Å²) in [6, 6.07) is 0.0334. The fourth-order valence-electron chi connectivity index (χ4n) is 2.74. The fourth-order valence-corrected chi connectivity index (χ4v) is 2.74. The van der Waals surface area contributed by atoms with Crippen LogP contribution in [0.2, 0.25) is 0 Å². The molecule has 1 amide bonds. The summed E-state index contributed by atoms with van der Waals surface area (Å²) in [4.78, 5) is 22.0. The number of aromatic nitrogens is 2. The minimum Gasteiger partial charge on any atom is -0.364 e. The van der Waals surface area contributed by atoms with Gasteiger partial charge in [0, 0.05) is 0 Å². The average Bonchev–Trinajstić information content (AvgIpc) is 2.68. The number of carbonyl (C=O) groups excluding carboxylic acids is 1. The number of hydrogen-bond acceptors (Lipinski definition) is 4. The number of aryl methyl sites for hydroxylation is 1. The van der Waals surface area contributed by atoms with Crippen molar-refractivity contribution >= 4 is 11.6 Å². The molecule has 1 fully saturated rings.